The summed E-state index contributed by atoms with van der Waals surface area (Å²) in [5.41, 5.74) is 11.5. The Labute approximate surface area is 289 Å². The highest BCUT2D eigenvalue weighted by atomic mass is 14.9. The molecular weight excluding hydrogens is 611 g/mol. The Bertz CT molecular complexity index is 2620. The lowest BCUT2D eigenvalue weighted by Gasteiger charge is -2.11. The molecule has 0 fully saturated rings. The highest BCUT2D eigenvalue weighted by Crippen LogP contribution is 2.34. The molecule has 5 heteroatoms. The van der Waals surface area contributed by atoms with E-state index in [0.29, 0.717) is 5.82 Å². The number of nitrogens with zero attached hydrogens (tertiary/aromatic N) is 5. The van der Waals surface area contributed by atoms with Crippen molar-refractivity contribution < 1.29 is 0 Å². The van der Waals surface area contributed by atoms with Gasteiger partial charge < -0.3 is 0 Å². The molecule has 4 heterocycles. The maximum Gasteiger partial charge on any atom is 0.160 e. The first-order valence-electron chi connectivity index (χ1n) is 16.6. The van der Waals surface area contributed by atoms with Gasteiger partial charge in [0.25, 0.3) is 0 Å². The van der Waals surface area contributed by atoms with Crippen molar-refractivity contribution in [3.8, 4) is 67.7 Å². The van der Waals surface area contributed by atoms with Crippen LogP contribution in [0.15, 0.2) is 176 Å². The number of rotatable bonds is 6. The smallest absolute Gasteiger partial charge is 0.160 e. The van der Waals surface area contributed by atoms with E-state index in [1.165, 1.54) is 5.39 Å². The van der Waals surface area contributed by atoms with Crippen LogP contribution in [0.2, 0.25) is 0 Å². The minimum absolute atomic E-state index is 0.683. The summed E-state index contributed by atoms with van der Waals surface area (Å²) in [6.45, 7) is 0. The molecule has 0 spiro atoms. The van der Waals surface area contributed by atoms with Crippen molar-refractivity contribution in [1.82, 2.24) is 24.9 Å². The third-order valence-corrected chi connectivity index (χ3v) is 9.01. The molecule has 0 saturated carbocycles. The third kappa shape index (κ3) is 5.57. The van der Waals surface area contributed by atoms with E-state index < -0.39 is 0 Å². The van der Waals surface area contributed by atoms with E-state index in [4.69, 9.17) is 19.9 Å². The molecule has 4 aromatic heterocycles. The SMILES string of the molecule is c1ccc(-c2nc(-c3ccc(-c4cccnc4)cc3)cc(-c3ccc(-c4cccc(-c5nc6ccccc6c6ccccc56)n4)cc3)n2)cc1. The Morgan fingerprint density at radius 3 is 1.60 bits per heavy atom. The van der Waals surface area contributed by atoms with E-state index in [-0.39, 0.29) is 0 Å². The maximum atomic E-state index is 5.12. The van der Waals surface area contributed by atoms with Gasteiger partial charge in [0.1, 0.15) is 0 Å². The van der Waals surface area contributed by atoms with Crippen molar-refractivity contribution in [1.29, 1.82) is 0 Å². The predicted octanol–water partition coefficient (Wildman–Crippen LogP) is 11.0. The molecule has 0 aliphatic heterocycles. The molecule has 0 amide bonds. The number of hydrogen-bond donors (Lipinski definition) is 0. The van der Waals surface area contributed by atoms with Gasteiger partial charge in [-0.2, -0.15) is 0 Å². The zero-order valence-corrected chi connectivity index (χ0v) is 27.0. The van der Waals surface area contributed by atoms with Crippen LogP contribution >= 0.6 is 0 Å². The minimum atomic E-state index is 0.683. The van der Waals surface area contributed by atoms with Crippen LogP contribution in [0.25, 0.3) is 89.4 Å². The average molecular weight is 640 g/mol. The van der Waals surface area contributed by atoms with Gasteiger partial charge in [-0.1, -0.05) is 133 Å². The summed E-state index contributed by atoms with van der Waals surface area (Å²) in [7, 11) is 0. The molecule has 50 heavy (non-hydrogen) atoms. The molecule has 0 saturated heterocycles. The fourth-order valence-electron chi connectivity index (χ4n) is 6.46. The van der Waals surface area contributed by atoms with Gasteiger partial charge in [0.05, 0.1) is 34.0 Å². The Kier molecular flexibility index (Phi) is 7.41. The summed E-state index contributed by atoms with van der Waals surface area (Å²) >= 11 is 0. The summed E-state index contributed by atoms with van der Waals surface area (Å²) in [6, 6.07) is 55.9. The summed E-state index contributed by atoms with van der Waals surface area (Å²) in [4.78, 5) is 24.5. The van der Waals surface area contributed by atoms with Gasteiger partial charge in [0.15, 0.2) is 5.82 Å². The second-order valence-electron chi connectivity index (χ2n) is 12.2. The zero-order valence-electron chi connectivity index (χ0n) is 27.0. The first-order valence-corrected chi connectivity index (χ1v) is 16.6. The van der Waals surface area contributed by atoms with Crippen LogP contribution in [-0.4, -0.2) is 24.9 Å². The van der Waals surface area contributed by atoms with E-state index in [1.54, 1.807) is 6.20 Å². The molecule has 5 aromatic carbocycles. The van der Waals surface area contributed by atoms with Crippen LogP contribution in [-0.2, 0) is 0 Å². The molecule has 9 rings (SSSR count). The van der Waals surface area contributed by atoms with Crippen LogP contribution < -0.4 is 0 Å². The molecule has 9 aromatic rings. The monoisotopic (exact) mass is 639 g/mol. The van der Waals surface area contributed by atoms with Crippen molar-refractivity contribution in [3.05, 3.63) is 176 Å². The Balaban J connectivity index is 1.08. The molecule has 0 radical (unpaired) electrons. The van der Waals surface area contributed by atoms with Crippen molar-refractivity contribution in [3.63, 3.8) is 0 Å². The standard InChI is InChI=1S/C45H29N5/c1-2-10-34(11-3-1)45-49-42(32-21-19-30(20-22-32)35-12-9-27-46-29-35)28-43(50-45)33-25-23-31(24-26-33)39-17-8-18-41(47-39)44-38-15-5-4-13-36(38)37-14-6-7-16-40(37)48-44/h1-29H. The molecule has 0 unspecified atom stereocenters. The Morgan fingerprint density at radius 2 is 0.900 bits per heavy atom. The summed E-state index contributed by atoms with van der Waals surface area (Å²) < 4.78 is 0. The number of pyridine rings is 3. The highest BCUT2D eigenvalue weighted by Gasteiger charge is 2.14. The molecule has 5 nitrogen and oxygen atoms in total. The second-order valence-corrected chi connectivity index (χ2v) is 12.2. The Hall–Kier alpha value is -6.85. The summed E-state index contributed by atoms with van der Waals surface area (Å²) in [5, 5.41) is 3.41. The van der Waals surface area contributed by atoms with Crippen LogP contribution in [0, 0.1) is 0 Å². The Morgan fingerprint density at radius 1 is 0.320 bits per heavy atom. The van der Waals surface area contributed by atoms with E-state index in [0.717, 1.165) is 78.1 Å². The van der Waals surface area contributed by atoms with E-state index >= 15 is 0 Å². The van der Waals surface area contributed by atoms with Crippen molar-refractivity contribution in [2.45, 2.75) is 0 Å². The lowest BCUT2D eigenvalue weighted by Crippen LogP contribution is -1.96. The maximum absolute atomic E-state index is 5.12. The van der Waals surface area contributed by atoms with Gasteiger partial charge in [-0.15, -0.1) is 0 Å². The van der Waals surface area contributed by atoms with E-state index in [1.807, 2.05) is 60.8 Å². The van der Waals surface area contributed by atoms with Gasteiger partial charge in [-0.05, 0) is 46.8 Å². The number of fused-ring (bicyclic) bond motifs is 3. The van der Waals surface area contributed by atoms with Crippen molar-refractivity contribution in [2.24, 2.45) is 0 Å². The number of para-hydroxylation sites is 1. The molecule has 234 valence electrons. The molecule has 0 aliphatic carbocycles. The normalized spacial score (nSPS) is 11.2. The second kappa shape index (κ2) is 12.6. The van der Waals surface area contributed by atoms with E-state index in [9.17, 15) is 0 Å². The number of aromatic nitrogens is 5. The number of hydrogen-bond acceptors (Lipinski definition) is 5. The van der Waals surface area contributed by atoms with Crippen LogP contribution in [0.1, 0.15) is 0 Å². The fraction of sp³-hybridized carbons (Fsp3) is 0. The van der Waals surface area contributed by atoms with Crippen LogP contribution in [0.5, 0.6) is 0 Å². The van der Waals surface area contributed by atoms with E-state index in [2.05, 4.69) is 114 Å². The largest absolute Gasteiger partial charge is 0.264 e. The molecule has 0 atom stereocenters. The third-order valence-electron chi connectivity index (χ3n) is 9.01. The van der Waals surface area contributed by atoms with Gasteiger partial charge in [-0.3, -0.25) is 4.98 Å². The first-order chi connectivity index (χ1) is 24.8. The highest BCUT2D eigenvalue weighted by molar-refractivity contribution is 6.10. The first kappa shape index (κ1) is 29.3. The minimum Gasteiger partial charge on any atom is -0.264 e. The van der Waals surface area contributed by atoms with Crippen molar-refractivity contribution >= 4 is 21.7 Å². The molecule has 0 aliphatic rings. The topological polar surface area (TPSA) is 64.5 Å². The van der Waals surface area contributed by atoms with Crippen LogP contribution in [0.3, 0.4) is 0 Å². The number of benzene rings is 5. The molecule has 0 N–H and O–H groups in total. The van der Waals surface area contributed by atoms with Crippen molar-refractivity contribution in [2.75, 3.05) is 0 Å². The molecular formula is C45H29N5. The lowest BCUT2D eigenvalue weighted by atomic mass is 10.0. The summed E-state index contributed by atoms with van der Waals surface area (Å²) in [6.07, 6.45) is 3.67. The fourth-order valence-corrected chi connectivity index (χ4v) is 6.46. The quantitative estimate of drug-likeness (QED) is 0.169. The van der Waals surface area contributed by atoms with Gasteiger partial charge in [0, 0.05) is 45.4 Å². The van der Waals surface area contributed by atoms with Gasteiger partial charge in [0.2, 0.25) is 0 Å². The van der Waals surface area contributed by atoms with Gasteiger partial charge in [-0.25, -0.2) is 19.9 Å². The predicted molar refractivity (Wildman–Crippen MR) is 203 cm³/mol. The summed E-state index contributed by atoms with van der Waals surface area (Å²) in [5.74, 6) is 0.683. The lowest BCUT2D eigenvalue weighted by molar-refractivity contribution is 1.18. The molecule has 0 bridgehead atoms. The van der Waals surface area contributed by atoms with Crippen LogP contribution in [0.4, 0.5) is 0 Å². The zero-order chi connectivity index (χ0) is 33.3. The van der Waals surface area contributed by atoms with Gasteiger partial charge >= 0.3 is 0 Å². The average Bonchev–Trinajstić information content (AvgIpc) is 3.21.